The van der Waals surface area contributed by atoms with Gasteiger partial charge in [0.2, 0.25) is 0 Å². The second-order valence-corrected chi connectivity index (χ2v) is 6.66. The van der Waals surface area contributed by atoms with Crippen LogP contribution in [-0.2, 0) is 7.05 Å². The molecule has 0 spiro atoms. The minimum Gasteiger partial charge on any atom is -0.360 e. The van der Waals surface area contributed by atoms with E-state index in [1.165, 1.54) is 11.8 Å². The van der Waals surface area contributed by atoms with Gasteiger partial charge in [-0.2, -0.15) is 0 Å². The Hall–Kier alpha value is -2.35. The van der Waals surface area contributed by atoms with E-state index in [4.69, 9.17) is 4.52 Å². The molecule has 0 saturated heterocycles. The third-order valence-corrected chi connectivity index (χ3v) is 4.98. The highest BCUT2D eigenvalue weighted by Gasteiger charge is 2.19. The minimum atomic E-state index is 0.0558. The summed E-state index contributed by atoms with van der Waals surface area (Å²) >= 11 is 1.39. The molecule has 0 N–H and O–H groups in total. The number of thioether (sulfide) groups is 1. The highest BCUT2D eigenvalue weighted by molar-refractivity contribution is 7.99. The smallest absolute Gasteiger partial charge is 0.191 e. The van der Waals surface area contributed by atoms with Gasteiger partial charge in [-0.15, -0.1) is 10.2 Å². The molecule has 3 aromatic heterocycles. The molecule has 126 valence electrons. The Morgan fingerprint density at radius 1 is 1.21 bits per heavy atom. The fourth-order valence-electron chi connectivity index (χ4n) is 2.58. The van der Waals surface area contributed by atoms with E-state index in [9.17, 15) is 4.79 Å². The van der Waals surface area contributed by atoms with Gasteiger partial charge >= 0.3 is 0 Å². The van der Waals surface area contributed by atoms with Crippen molar-refractivity contribution in [3.63, 3.8) is 0 Å². The largest absolute Gasteiger partial charge is 0.360 e. The molecule has 0 bridgehead atoms. The number of carbonyl (C=O) groups is 1. The van der Waals surface area contributed by atoms with E-state index in [2.05, 4.69) is 15.4 Å². The van der Waals surface area contributed by atoms with Crippen LogP contribution >= 0.6 is 11.8 Å². The molecule has 3 heterocycles. The maximum atomic E-state index is 12.6. The van der Waals surface area contributed by atoms with Gasteiger partial charge in [-0.1, -0.05) is 16.9 Å². The summed E-state index contributed by atoms with van der Waals surface area (Å²) < 4.78 is 8.95. The number of hydrogen-bond acceptors (Lipinski definition) is 6. The van der Waals surface area contributed by atoms with E-state index >= 15 is 0 Å². The maximum absolute atomic E-state index is 12.6. The van der Waals surface area contributed by atoms with Gasteiger partial charge < -0.3 is 9.09 Å². The topological polar surface area (TPSA) is 78.7 Å². The van der Waals surface area contributed by atoms with Gasteiger partial charge in [0.05, 0.1) is 5.75 Å². The number of ketones is 1. The van der Waals surface area contributed by atoms with Crippen LogP contribution in [0.5, 0.6) is 0 Å². The molecule has 0 amide bonds. The predicted octanol–water partition coefficient (Wildman–Crippen LogP) is 2.80. The zero-order valence-corrected chi connectivity index (χ0v) is 15.1. The van der Waals surface area contributed by atoms with Crippen molar-refractivity contribution < 1.29 is 9.32 Å². The van der Waals surface area contributed by atoms with Crippen LogP contribution in [0.1, 0.15) is 33.3 Å². The number of Topliss-reactive ketones (excluding diaryl/α,β-unsaturated/α-hetero) is 1. The Labute approximate surface area is 144 Å². The van der Waals surface area contributed by atoms with Gasteiger partial charge in [0.15, 0.2) is 16.8 Å². The molecule has 0 aromatic carbocycles. The van der Waals surface area contributed by atoms with E-state index < -0.39 is 0 Å². The lowest BCUT2D eigenvalue weighted by atomic mass is 10.2. The Kier molecular flexibility index (Phi) is 4.31. The Morgan fingerprint density at radius 3 is 2.54 bits per heavy atom. The molecule has 0 saturated carbocycles. The van der Waals surface area contributed by atoms with E-state index in [0.29, 0.717) is 17.1 Å². The van der Waals surface area contributed by atoms with Gasteiger partial charge in [-0.25, -0.2) is 0 Å². The van der Waals surface area contributed by atoms with E-state index in [1.54, 1.807) is 0 Å². The first-order chi connectivity index (χ1) is 11.4. The van der Waals surface area contributed by atoms with Crippen LogP contribution in [-0.4, -0.2) is 36.0 Å². The lowest BCUT2D eigenvalue weighted by Gasteiger charge is -2.05. The maximum Gasteiger partial charge on any atom is 0.191 e. The molecule has 8 heteroatoms. The van der Waals surface area contributed by atoms with Crippen molar-refractivity contribution in [3.8, 4) is 5.82 Å². The van der Waals surface area contributed by atoms with Crippen LogP contribution in [0.25, 0.3) is 5.82 Å². The van der Waals surface area contributed by atoms with E-state index in [0.717, 1.165) is 28.1 Å². The Bertz CT molecular complexity index is 906. The first-order valence-electron chi connectivity index (χ1n) is 7.53. The Morgan fingerprint density at radius 2 is 1.96 bits per heavy atom. The summed E-state index contributed by atoms with van der Waals surface area (Å²) in [6, 6.07) is 3.75. The molecule has 0 atom stereocenters. The second kappa shape index (κ2) is 6.27. The molecular weight excluding hydrogens is 326 g/mol. The highest BCUT2D eigenvalue weighted by Crippen LogP contribution is 2.23. The van der Waals surface area contributed by atoms with Crippen molar-refractivity contribution in [2.75, 3.05) is 5.75 Å². The van der Waals surface area contributed by atoms with Gasteiger partial charge in [-0.3, -0.25) is 9.36 Å². The first-order valence-corrected chi connectivity index (χ1v) is 8.51. The van der Waals surface area contributed by atoms with E-state index in [-0.39, 0.29) is 5.78 Å². The number of nitrogens with zero attached hydrogens (tertiary/aromatic N) is 5. The van der Waals surface area contributed by atoms with Crippen molar-refractivity contribution >= 4 is 17.5 Å². The van der Waals surface area contributed by atoms with Crippen LogP contribution in [0.4, 0.5) is 0 Å². The highest BCUT2D eigenvalue weighted by atomic mass is 32.2. The van der Waals surface area contributed by atoms with Gasteiger partial charge in [0.1, 0.15) is 11.6 Å². The summed E-state index contributed by atoms with van der Waals surface area (Å²) in [4.78, 5) is 12.6. The van der Waals surface area contributed by atoms with Crippen LogP contribution < -0.4 is 0 Å². The fourth-order valence-corrected chi connectivity index (χ4v) is 3.42. The number of aryl methyl sites for hydroxylation is 3. The summed E-state index contributed by atoms with van der Waals surface area (Å²) in [6.07, 6.45) is 0. The minimum absolute atomic E-state index is 0.0558. The fraction of sp³-hybridized carbons (Fsp3) is 0.375. The average molecular weight is 345 g/mol. The quantitative estimate of drug-likeness (QED) is 0.523. The molecule has 7 nitrogen and oxygen atoms in total. The zero-order valence-electron chi connectivity index (χ0n) is 14.3. The van der Waals surface area contributed by atoms with Crippen LogP contribution in [0, 0.1) is 27.7 Å². The number of carbonyl (C=O) groups excluding carboxylic acids is 1. The second-order valence-electron chi connectivity index (χ2n) is 5.72. The summed E-state index contributed by atoms with van der Waals surface area (Å²) in [5.74, 6) is 2.62. The SMILES string of the molecule is Cc1cc(-n2c(C)cc(C(=O)CSc3nnc(C)n3C)c2C)no1. The summed E-state index contributed by atoms with van der Waals surface area (Å²) in [6.45, 7) is 7.59. The summed E-state index contributed by atoms with van der Waals surface area (Å²) in [7, 11) is 1.89. The standard InChI is InChI=1S/C16H19N5O2S/c1-9-6-13(11(3)21(9)15-7-10(2)23-19-15)14(22)8-24-16-18-17-12(4)20(16)5/h6-7H,8H2,1-5H3. The lowest BCUT2D eigenvalue weighted by molar-refractivity contribution is 0.102. The molecule has 3 rings (SSSR count). The molecule has 0 aliphatic rings. The summed E-state index contributed by atoms with van der Waals surface area (Å²) in [5.41, 5.74) is 2.50. The van der Waals surface area contributed by atoms with Gasteiger partial charge in [0.25, 0.3) is 0 Å². The number of rotatable bonds is 5. The third-order valence-electron chi connectivity index (χ3n) is 3.96. The third kappa shape index (κ3) is 2.89. The molecule has 0 aliphatic heterocycles. The number of hydrogen-bond donors (Lipinski definition) is 0. The molecule has 0 radical (unpaired) electrons. The van der Waals surface area contributed by atoms with Crippen LogP contribution in [0.2, 0.25) is 0 Å². The molecular formula is C16H19N5O2S. The van der Waals surface area contributed by atoms with Crippen LogP contribution in [0.15, 0.2) is 21.8 Å². The van der Waals surface area contributed by atoms with Crippen molar-refractivity contribution in [1.29, 1.82) is 0 Å². The van der Waals surface area contributed by atoms with Crippen molar-refractivity contribution in [2.24, 2.45) is 7.05 Å². The average Bonchev–Trinajstić information content (AvgIpc) is 3.18. The van der Waals surface area contributed by atoms with Crippen molar-refractivity contribution in [3.05, 3.63) is 40.7 Å². The number of aromatic nitrogens is 5. The molecule has 0 aliphatic carbocycles. The van der Waals surface area contributed by atoms with E-state index in [1.807, 2.05) is 56.0 Å². The van der Waals surface area contributed by atoms with Crippen molar-refractivity contribution in [1.82, 2.24) is 24.5 Å². The van der Waals surface area contributed by atoms with Crippen LogP contribution in [0.3, 0.4) is 0 Å². The molecule has 0 fully saturated rings. The normalized spacial score (nSPS) is 11.2. The van der Waals surface area contributed by atoms with Gasteiger partial charge in [0, 0.05) is 30.1 Å². The molecule has 0 unspecified atom stereocenters. The first kappa shape index (κ1) is 16.5. The summed E-state index contributed by atoms with van der Waals surface area (Å²) in [5, 5.41) is 12.9. The molecule has 3 aromatic rings. The monoisotopic (exact) mass is 345 g/mol. The lowest BCUT2D eigenvalue weighted by Crippen LogP contribution is -2.06. The Balaban J connectivity index is 1.82. The van der Waals surface area contributed by atoms with Gasteiger partial charge in [-0.05, 0) is 33.8 Å². The predicted molar refractivity (Wildman–Crippen MR) is 90.8 cm³/mol. The zero-order chi connectivity index (χ0) is 17.4. The molecule has 24 heavy (non-hydrogen) atoms. The van der Waals surface area contributed by atoms with Crippen molar-refractivity contribution in [2.45, 2.75) is 32.9 Å².